The van der Waals surface area contributed by atoms with Crippen LogP contribution in [-0.2, 0) is 24.2 Å². The van der Waals surface area contributed by atoms with Gasteiger partial charge in [-0.05, 0) is 74.2 Å². The Morgan fingerprint density at radius 1 is 0.882 bits per heavy atom. The first-order chi connectivity index (χ1) is 16.4. The minimum Gasteiger partial charge on any atom is -0.489 e. The molecule has 0 bridgehead atoms. The van der Waals surface area contributed by atoms with Crippen LogP contribution >= 0.6 is 0 Å². The first kappa shape index (κ1) is 25.5. The van der Waals surface area contributed by atoms with E-state index >= 15 is 0 Å². The van der Waals surface area contributed by atoms with Gasteiger partial charge >= 0.3 is 5.97 Å². The molecule has 3 rings (SSSR count). The SMILES string of the molecule is CCN(C(C)C)C(C)Cc1ccccc1COc1ccc(C(=O)OC)cc1Cc1ccccc1. The molecule has 0 saturated carbocycles. The minimum atomic E-state index is -0.342. The van der Waals surface area contributed by atoms with Crippen LogP contribution < -0.4 is 4.74 Å². The molecule has 0 aliphatic heterocycles. The van der Waals surface area contributed by atoms with Gasteiger partial charge in [0.05, 0.1) is 12.7 Å². The van der Waals surface area contributed by atoms with E-state index in [1.54, 1.807) is 6.07 Å². The number of methoxy groups -OCH3 is 1. The lowest BCUT2D eigenvalue weighted by molar-refractivity contribution is 0.0600. The lowest BCUT2D eigenvalue weighted by Crippen LogP contribution is -2.39. The molecule has 0 fully saturated rings. The lowest BCUT2D eigenvalue weighted by Gasteiger charge is -2.32. The molecular weight excluding hydrogens is 422 g/mol. The smallest absolute Gasteiger partial charge is 0.337 e. The molecule has 0 saturated heterocycles. The third-order valence-electron chi connectivity index (χ3n) is 6.33. The van der Waals surface area contributed by atoms with Crippen LogP contribution in [0, 0.1) is 0 Å². The van der Waals surface area contributed by atoms with Gasteiger partial charge in [-0.15, -0.1) is 0 Å². The summed E-state index contributed by atoms with van der Waals surface area (Å²) in [5, 5.41) is 0. The molecule has 4 heteroatoms. The molecule has 180 valence electrons. The molecule has 0 aliphatic rings. The fourth-order valence-electron chi connectivity index (χ4n) is 4.59. The number of carbonyl (C=O) groups excluding carboxylic acids is 1. The molecule has 1 unspecified atom stereocenters. The van der Waals surface area contributed by atoms with E-state index in [1.807, 2.05) is 30.3 Å². The summed E-state index contributed by atoms with van der Waals surface area (Å²) in [7, 11) is 1.40. The van der Waals surface area contributed by atoms with E-state index < -0.39 is 0 Å². The van der Waals surface area contributed by atoms with Gasteiger partial charge < -0.3 is 9.47 Å². The predicted octanol–water partition coefficient (Wildman–Crippen LogP) is 6.30. The number of esters is 1. The summed E-state index contributed by atoms with van der Waals surface area (Å²) in [5.41, 5.74) is 5.17. The van der Waals surface area contributed by atoms with Crippen LogP contribution in [0.25, 0.3) is 0 Å². The molecular formula is C30H37NO3. The average molecular weight is 460 g/mol. The van der Waals surface area contributed by atoms with Gasteiger partial charge in [-0.3, -0.25) is 4.90 Å². The second-order valence-electron chi connectivity index (χ2n) is 9.01. The van der Waals surface area contributed by atoms with E-state index in [1.165, 1.54) is 18.2 Å². The summed E-state index contributed by atoms with van der Waals surface area (Å²) in [6.07, 6.45) is 1.66. The molecule has 0 amide bonds. The van der Waals surface area contributed by atoms with Crippen molar-refractivity contribution < 1.29 is 14.3 Å². The van der Waals surface area contributed by atoms with Crippen molar-refractivity contribution in [2.45, 2.75) is 59.2 Å². The van der Waals surface area contributed by atoms with Crippen LogP contribution in [0.3, 0.4) is 0 Å². The van der Waals surface area contributed by atoms with Crippen LogP contribution in [-0.4, -0.2) is 36.6 Å². The van der Waals surface area contributed by atoms with Crippen molar-refractivity contribution >= 4 is 5.97 Å². The maximum absolute atomic E-state index is 12.1. The summed E-state index contributed by atoms with van der Waals surface area (Å²) in [4.78, 5) is 14.6. The number of ether oxygens (including phenoxy) is 2. The van der Waals surface area contributed by atoms with Crippen molar-refractivity contribution in [1.82, 2.24) is 4.90 Å². The second-order valence-corrected chi connectivity index (χ2v) is 9.01. The highest BCUT2D eigenvalue weighted by Crippen LogP contribution is 2.26. The van der Waals surface area contributed by atoms with Gasteiger partial charge in [-0.25, -0.2) is 4.79 Å². The number of hydrogen-bond acceptors (Lipinski definition) is 4. The topological polar surface area (TPSA) is 38.8 Å². The number of rotatable bonds is 11. The zero-order chi connectivity index (χ0) is 24.5. The first-order valence-electron chi connectivity index (χ1n) is 12.1. The first-order valence-corrected chi connectivity index (χ1v) is 12.1. The fourth-order valence-corrected chi connectivity index (χ4v) is 4.59. The van der Waals surface area contributed by atoms with E-state index in [0.29, 0.717) is 30.7 Å². The molecule has 3 aromatic carbocycles. The second kappa shape index (κ2) is 12.4. The number of hydrogen-bond donors (Lipinski definition) is 0. The average Bonchev–Trinajstić information content (AvgIpc) is 2.84. The van der Waals surface area contributed by atoms with Crippen LogP contribution in [0.15, 0.2) is 72.8 Å². The Morgan fingerprint density at radius 2 is 1.56 bits per heavy atom. The highest BCUT2D eigenvalue weighted by atomic mass is 16.5. The largest absolute Gasteiger partial charge is 0.489 e. The Morgan fingerprint density at radius 3 is 2.21 bits per heavy atom. The molecule has 3 aromatic rings. The van der Waals surface area contributed by atoms with Gasteiger partial charge in [0.2, 0.25) is 0 Å². The zero-order valence-electron chi connectivity index (χ0n) is 21.1. The van der Waals surface area contributed by atoms with E-state index in [0.717, 1.165) is 29.8 Å². The van der Waals surface area contributed by atoms with Crippen molar-refractivity contribution in [3.8, 4) is 5.75 Å². The highest BCUT2D eigenvalue weighted by Gasteiger charge is 2.17. The number of likely N-dealkylation sites (N-methyl/N-ethyl adjacent to an activating group) is 1. The molecule has 0 aliphatic carbocycles. The molecule has 34 heavy (non-hydrogen) atoms. The molecule has 0 heterocycles. The maximum atomic E-state index is 12.1. The van der Waals surface area contributed by atoms with E-state index in [9.17, 15) is 4.79 Å². The molecule has 0 aromatic heterocycles. The van der Waals surface area contributed by atoms with Gasteiger partial charge in [-0.2, -0.15) is 0 Å². The number of carbonyl (C=O) groups is 1. The normalized spacial score (nSPS) is 12.1. The van der Waals surface area contributed by atoms with Crippen molar-refractivity contribution in [2.24, 2.45) is 0 Å². The van der Waals surface area contributed by atoms with E-state index in [-0.39, 0.29) is 5.97 Å². The van der Waals surface area contributed by atoms with Gasteiger partial charge in [0.1, 0.15) is 12.4 Å². The molecule has 4 nitrogen and oxygen atoms in total. The van der Waals surface area contributed by atoms with Crippen LogP contribution in [0.5, 0.6) is 5.75 Å². The Bertz CT molecular complexity index is 1060. The lowest BCUT2D eigenvalue weighted by atomic mass is 9.99. The van der Waals surface area contributed by atoms with Crippen LogP contribution in [0.4, 0.5) is 0 Å². The van der Waals surface area contributed by atoms with E-state index in [4.69, 9.17) is 9.47 Å². The summed E-state index contributed by atoms with van der Waals surface area (Å²) in [6, 6.07) is 25.2. The Kier molecular flexibility index (Phi) is 9.29. The summed E-state index contributed by atoms with van der Waals surface area (Å²) >= 11 is 0. The van der Waals surface area contributed by atoms with Crippen molar-refractivity contribution in [3.63, 3.8) is 0 Å². The summed E-state index contributed by atoms with van der Waals surface area (Å²) in [6.45, 7) is 10.5. The Hall–Kier alpha value is -3.11. The third-order valence-corrected chi connectivity index (χ3v) is 6.33. The zero-order valence-corrected chi connectivity index (χ0v) is 21.1. The van der Waals surface area contributed by atoms with Crippen molar-refractivity contribution in [3.05, 3.63) is 101 Å². The number of benzene rings is 3. The van der Waals surface area contributed by atoms with Crippen molar-refractivity contribution in [2.75, 3.05) is 13.7 Å². The van der Waals surface area contributed by atoms with Crippen molar-refractivity contribution in [1.29, 1.82) is 0 Å². The highest BCUT2D eigenvalue weighted by molar-refractivity contribution is 5.89. The van der Waals surface area contributed by atoms with Crippen LogP contribution in [0.1, 0.15) is 60.3 Å². The Labute approximate surface area is 204 Å². The molecule has 0 radical (unpaired) electrons. The predicted molar refractivity (Wildman–Crippen MR) is 138 cm³/mol. The van der Waals surface area contributed by atoms with Crippen LogP contribution in [0.2, 0.25) is 0 Å². The van der Waals surface area contributed by atoms with Gasteiger partial charge in [0.25, 0.3) is 0 Å². The van der Waals surface area contributed by atoms with Gasteiger partial charge in [-0.1, -0.05) is 61.5 Å². The Balaban J connectivity index is 1.81. The molecule has 0 N–H and O–H groups in total. The standard InChI is InChI=1S/C30H37NO3/c1-6-31(22(2)3)23(4)18-25-14-10-11-15-27(25)21-34-29-17-16-26(30(32)33-5)20-28(29)19-24-12-8-7-9-13-24/h7-17,20,22-23H,6,18-19,21H2,1-5H3. The quantitative estimate of drug-likeness (QED) is 0.315. The fraction of sp³-hybridized carbons (Fsp3) is 0.367. The molecule has 1 atom stereocenters. The van der Waals surface area contributed by atoms with E-state index in [2.05, 4.69) is 69.0 Å². The third kappa shape index (κ3) is 6.71. The minimum absolute atomic E-state index is 0.342. The maximum Gasteiger partial charge on any atom is 0.337 e. The number of nitrogens with zero attached hydrogens (tertiary/aromatic N) is 1. The monoisotopic (exact) mass is 459 g/mol. The molecule has 0 spiro atoms. The summed E-state index contributed by atoms with van der Waals surface area (Å²) in [5.74, 6) is 0.447. The summed E-state index contributed by atoms with van der Waals surface area (Å²) < 4.78 is 11.3. The van der Waals surface area contributed by atoms with Gasteiger partial charge in [0.15, 0.2) is 0 Å². The van der Waals surface area contributed by atoms with Gasteiger partial charge in [0, 0.05) is 18.5 Å².